The van der Waals surface area contributed by atoms with E-state index in [1.807, 2.05) is 29.2 Å². The highest BCUT2D eigenvalue weighted by Gasteiger charge is 2.38. The molecule has 41 heavy (non-hydrogen) atoms. The molecule has 1 aromatic heterocycles. The first-order valence-electron chi connectivity index (χ1n) is 12.5. The Bertz CT molecular complexity index is 1420. The van der Waals surface area contributed by atoms with Gasteiger partial charge in [-0.25, -0.2) is 4.79 Å². The van der Waals surface area contributed by atoms with Crippen molar-refractivity contribution < 1.29 is 37.5 Å². The summed E-state index contributed by atoms with van der Waals surface area (Å²) in [6.45, 7) is 2.10. The molecule has 14 heteroatoms. The van der Waals surface area contributed by atoms with Crippen LogP contribution >= 0.6 is 11.6 Å². The van der Waals surface area contributed by atoms with Gasteiger partial charge in [-0.3, -0.25) is 19.5 Å². The third-order valence-electron chi connectivity index (χ3n) is 6.52. The third-order valence-corrected chi connectivity index (χ3v) is 6.77. The summed E-state index contributed by atoms with van der Waals surface area (Å²) in [5, 5.41) is 14.7. The Balaban J connectivity index is 0.000000493. The number of nitrogens with one attached hydrogen (secondary N) is 1. The molecule has 0 radical (unpaired) electrons. The third kappa shape index (κ3) is 7.23. The summed E-state index contributed by atoms with van der Waals surface area (Å²) in [5.74, 6) is -3.17. The summed E-state index contributed by atoms with van der Waals surface area (Å²) in [5.41, 5.74) is 3.33. The minimum absolute atomic E-state index is 0.0448. The average Bonchev–Trinajstić information content (AvgIpc) is 3.62. The van der Waals surface area contributed by atoms with Crippen molar-refractivity contribution in [2.75, 3.05) is 24.5 Å². The van der Waals surface area contributed by atoms with E-state index < -0.39 is 12.1 Å². The number of alkyl halides is 3. The van der Waals surface area contributed by atoms with Crippen LogP contribution in [0.1, 0.15) is 44.8 Å². The van der Waals surface area contributed by atoms with Gasteiger partial charge in [0.15, 0.2) is 0 Å². The summed E-state index contributed by atoms with van der Waals surface area (Å²) in [6.07, 6.45) is -1.38. The number of amides is 3. The molecule has 3 heterocycles. The maximum atomic E-state index is 13.2. The predicted molar refractivity (Wildman–Crippen MR) is 141 cm³/mol. The van der Waals surface area contributed by atoms with Crippen molar-refractivity contribution in [1.29, 1.82) is 0 Å². The Labute approximate surface area is 237 Å². The summed E-state index contributed by atoms with van der Waals surface area (Å²) in [7, 11) is 0. The van der Waals surface area contributed by atoms with Crippen LogP contribution in [0, 0.1) is 0 Å². The smallest absolute Gasteiger partial charge is 0.475 e. The van der Waals surface area contributed by atoms with Crippen molar-refractivity contribution in [2.24, 2.45) is 0 Å². The number of rotatable bonds is 4. The van der Waals surface area contributed by atoms with Crippen molar-refractivity contribution in [1.82, 2.24) is 20.0 Å². The second-order valence-electron chi connectivity index (χ2n) is 9.38. The van der Waals surface area contributed by atoms with Gasteiger partial charge in [0.25, 0.3) is 11.8 Å². The molecule has 0 saturated carbocycles. The molecule has 5 rings (SSSR count). The van der Waals surface area contributed by atoms with Crippen LogP contribution in [0.3, 0.4) is 0 Å². The Morgan fingerprint density at radius 1 is 0.902 bits per heavy atom. The molecular weight excluding hydrogens is 567 g/mol. The number of benzene rings is 2. The zero-order chi connectivity index (χ0) is 29.7. The molecule has 3 amide bonds. The number of H-pyrrole nitrogens is 1. The number of fused-ring (bicyclic) bond motifs is 1. The van der Waals surface area contributed by atoms with Crippen molar-refractivity contribution in [2.45, 2.75) is 32.1 Å². The lowest BCUT2D eigenvalue weighted by Gasteiger charge is -2.22. The van der Waals surface area contributed by atoms with Gasteiger partial charge < -0.3 is 19.8 Å². The number of carboxylic acid groups (broad SMARTS) is 1. The maximum Gasteiger partial charge on any atom is 0.490 e. The number of likely N-dealkylation sites (tertiary alicyclic amines) is 1. The Morgan fingerprint density at radius 2 is 1.44 bits per heavy atom. The number of carbonyl (C=O) groups excluding carboxylic acids is 3. The number of aromatic nitrogens is 2. The SMILES string of the molecule is O=C(O)C(F)(F)F.O=C(c1ccc(CN2C(=O)CN(C(=O)c3ccc(Cl)cc3)Cc3[nH]ncc32)cc1)N1CCCC1. The van der Waals surface area contributed by atoms with E-state index in [1.54, 1.807) is 35.4 Å². The van der Waals surface area contributed by atoms with Crippen molar-refractivity contribution in [3.63, 3.8) is 0 Å². The van der Waals surface area contributed by atoms with Gasteiger partial charge in [0.2, 0.25) is 5.91 Å². The Kier molecular flexibility index (Phi) is 8.96. The largest absolute Gasteiger partial charge is 0.490 e. The number of nitrogens with zero attached hydrogens (tertiary/aromatic N) is 4. The van der Waals surface area contributed by atoms with Crippen LogP contribution < -0.4 is 4.90 Å². The first kappa shape index (κ1) is 29.6. The monoisotopic (exact) mass is 591 g/mol. The zero-order valence-electron chi connectivity index (χ0n) is 21.5. The lowest BCUT2D eigenvalue weighted by molar-refractivity contribution is -0.192. The summed E-state index contributed by atoms with van der Waals surface area (Å²) in [4.78, 5) is 52.8. The van der Waals surface area contributed by atoms with Crippen LogP contribution in [0.25, 0.3) is 0 Å². The summed E-state index contributed by atoms with van der Waals surface area (Å²) in [6, 6.07) is 14.0. The highest BCUT2D eigenvalue weighted by molar-refractivity contribution is 6.30. The number of hydrogen-bond acceptors (Lipinski definition) is 5. The van der Waals surface area contributed by atoms with Crippen molar-refractivity contribution in [3.8, 4) is 0 Å². The van der Waals surface area contributed by atoms with Crippen molar-refractivity contribution in [3.05, 3.63) is 82.1 Å². The van der Waals surface area contributed by atoms with E-state index in [-0.39, 0.29) is 30.8 Å². The van der Waals surface area contributed by atoms with Crippen LogP contribution in [0.2, 0.25) is 5.02 Å². The maximum absolute atomic E-state index is 13.2. The Morgan fingerprint density at radius 3 is 2.00 bits per heavy atom. The number of aliphatic carboxylic acids is 1. The molecule has 0 bridgehead atoms. The van der Waals surface area contributed by atoms with Gasteiger partial charge in [0.05, 0.1) is 30.7 Å². The molecule has 2 N–H and O–H groups in total. The lowest BCUT2D eigenvalue weighted by Crippen LogP contribution is -2.39. The number of aromatic amines is 1. The van der Waals surface area contributed by atoms with E-state index in [4.69, 9.17) is 21.5 Å². The molecule has 0 unspecified atom stereocenters. The predicted octanol–water partition coefficient (Wildman–Crippen LogP) is 4.12. The van der Waals surface area contributed by atoms with E-state index in [0.29, 0.717) is 34.1 Å². The second kappa shape index (κ2) is 12.4. The molecule has 2 aliphatic heterocycles. The first-order valence-corrected chi connectivity index (χ1v) is 12.9. The minimum Gasteiger partial charge on any atom is -0.475 e. The zero-order valence-corrected chi connectivity index (χ0v) is 22.3. The molecule has 2 aromatic carbocycles. The van der Waals surface area contributed by atoms with E-state index in [0.717, 1.165) is 31.5 Å². The molecule has 2 aliphatic rings. The molecule has 1 fully saturated rings. The van der Waals surface area contributed by atoms with E-state index in [1.165, 1.54) is 4.90 Å². The summed E-state index contributed by atoms with van der Waals surface area (Å²) >= 11 is 5.94. The second-order valence-corrected chi connectivity index (χ2v) is 9.82. The molecule has 3 aromatic rings. The normalized spacial score (nSPS) is 15.1. The highest BCUT2D eigenvalue weighted by Crippen LogP contribution is 2.27. The number of halogens is 4. The molecular formula is C27H25ClF3N5O5. The van der Waals surface area contributed by atoms with E-state index in [9.17, 15) is 27.6 Å². The molecule has 0 spiro atoms. The van der Waals surface area contributed by atoms with Crippen LogP contribution in [0.5, 0.6) is 0 Å². The van der Waals surface area contributed by atoms with Gasteiger partial charge >= 0.3 is 12.1 Å². The van der Waals surface area contributed by atoms with Gasteiger partial charge in [-0.1, -0.05) is 23.7 Å². The van der Waals surface area contributed by atoms with Crippen LogP contribution in [0.4, 0.5) is 18.9 Å². The standard InChI is InChI=1S/C25H24ClN5O3.C2HF3O2/c26-20-9-7-19(8-10-20)25(34)30-15-21-22(13-27-28-21)31(23(32)16-30)14-17-3-5-18(6-4-17)24(33)29-11-1-2-12-29;3-2(4,5)1(6)7/h3-10,13H,1-2,11-12,14-16H2,(H,27,28);(H,6,7). The molecule has 0 atom stereocenters. The number of carboxylic acids is 1. The van der Waals surface area contributed by atoms with Crippen LogP contribution in [0.15, 0.2) is 54.7 Å². The van der Waals surface area contributed by atoms with E-state index in [2.05, 4.69) is 10.2 Å². The number of anilines is 1. The first-order chi connectivity index (χ1) is 19.4. The van der Waals surface area contributed by atoms with Gasteiger partial charge in [-0.05, 0) is 54.8 Å². The number of hydrogen-bond donors (Lipinski definition) is 2. The van der Waals surface area contributed by atoms with Crippen LogP contribution in [-0.4, -0.2) is 74.6 Å². The Hall–Kier alpha value is -4.39. The van der Waals surface area contributed by atoms with Gasteiger partial charge in [-0.2, -0.15) is 18.3 Å². The lowest BCUT2D eigenvalue weighted by atomic mass is 10.1. The fourth-order valence-electron chi connectivity index (χ4n) is 4.42. The van der Waals surface area contributed by atoms with Crippen LogP contribution in [-0.2, 0) is 22.7 Å². The van der Waals surface area contributed by atoms with Gasteiger partial charge in [0, 0.05) is 29.2 Å². The highest BCUT2D eigenvalue weighted by atomic mass is 35.5. The molecule has 1 saturated heterocycles. The average molecular weight is 592 g/mol. The van der Waals surface area contributed by atoms with Gasteiger partial charge in [-0.15, -0.1) is 0 Å². The molecule has 0 aliphatic carbocycles. The summed E-state index contributed by atoms with van der Waals surface area (Å²) < 4.78 is 31.7. The number of carbonyl (C=O) groups is 4. The van der Waals surface area contributed by atoms with E-state index >= 15 is 0 Å². The quantitative estimate of drug-likeness (QED) is 0.470. The fourth-order valence-corrected chi connectivity index (χ4v) is 4.54. The fraction of sp³-hybridized carbons (Fsp3) is 0.296. The molecule has 10 nitrogen and oxygen atoms in total. The molecule has 216 valence electrons. The van der Waals surface area contributed by atoms with Crippen molar-refractivity contribution >= 4 is 41.0 Å². The topological polar surface area (TPSA) is 127 Å². The minimum atomic E-state index is -5.08. The van der Waals surface area contributed by atoms with Gasteiger partial charge in [0.1, 0.15) is 6.54 Å².